The fraction of sp³-hybridized carbons (Fsp3) is 0.821. The Morgan fingerprint density at radius 1 is 1.19 bits per heavy atom. The van der Waals surface area contributed by atoms with Crippen molar-refractivity contribution in [2.24, 2.45) is 16.2 Å². The molecule has 4 aliphatic carbocycles. The molecule has 37 heavy (non-hydrogen) atoms. The van der Waals surface area contributed by atoms with Gasteiger partial charge in [-0.3, -0.25) is 14.4 Å². The van der Waals surface area contributed by atoms with Gasteiger partial charge in [-0.05, 0) is 65.0 Å². The van der Waals surface area contributed by atoms with Crippen LogP contribution in [0.4, 0.5) is 0 Å². The standard InChI is InChI=1S/C28H44N6O3/c1-30-9-10-32(2)13-22-24(21-5-7-26(8-6-21,19-36-3)20-37-4)23-14-33(11-12-34(23)31-22)25(35)28-15-27(16-28,17-28)18-29/h21,30H,5-17,19-20H2,1-4H3. The smallest absolute Gasteiger partial charge is 0.229 e. The van der Waals surface area contributed by atoms with Crippen LogP contribution < -0.4 is 5.32 Å². The van der Waals surface area contributed by atoms with Crippen LogP contribution in [-0.2, 0) is 33.9 Å². The number of fused-ring (bicyclic) bond motifs is 1. The minimum Gasteiger partial charge on any atom is -0.384 e. The van der Waals surface area contributed by atoms with Crippen LogP contribution in [0.5, 0.6) is 0 Å². The number of aromatic nitrogens is 2. The third-order valence-electron chi connectivity index (χ3n) is 9.62. The number of hydrogen-bond acceptors (Lipinski definition) is 7. The maximum Gasteiger partial charge on any atom is 0.229 e. The molecule has 0 saturated heterocycles. The van der Waals surface area contributed by atoms with E-state index in [4.69, 9.17) is 14.6 Å². The van der Waals surface area contributed by atoms with E-state index in [1.165, 1.54) is 17.0 Å². The predicted octanol–water partition coefficient (Wildman–Crippen LogP) is 2.51. The van der Waals surface area contributed by atoms with Crippen molar-refractivity contribution in [3.63, 3.8) is 0 Å². The van der Waals surface area contributed by atoms with E-state index in [0.29, 0.717) is 19.0 Å². The van der Waals surface area contributed by atoms with Crippen molar-refractivity contribution in [3.8, 4) is 6.07 Å². The van der Waals surface area contributed by atoms with Gasteiger partial charge in [-0.1, -0.05) is 0 Å². The van der Waals surface area contributed by atoms with E-state index in [1.807, 2.05) is 7.05 Å². The van der Waals surface area contributed by atoms with E-state index in [1.54, 1.807) is 14.2 Å². The fourth-order valence-corrected chi connectivity index (χ4v) is 7.72. The van der Waals surface area contributed by atoms with Gasteiger partial charge in [-0.15, -0.1) is 0 Å². The molecular weight excluding hydrogens is 468 g/mol. The Morgan fingerprint density at radius 2 is 1.86 bits per heavy atom. The van der Waals surface area contributed by atoms with Crippen LogP contribution in [0.25, 0.3) is 0 Å². The van der Waals surface area contributed by atoms with Gasteiger partial charge < -0.3 is 19.7 Å². The molecule has 1 aliphatic heterocycles. The maximum atomic E-state index is 13.6. The molecule has 0 spiro atoms. The van der Waals surface area contributed by atoms with Crippen molar-refractivity contribution in [1.29, 1.82) is 5.26 Å². The Kier molecular flexibility index (Phi) is 7.40. The Morgan fingerprint density at radius 3 is 2.46 bits per heavy atom. The van der Waals surface area contributed by atoms with E-state index < -0.39 is 0 Å². The summed E-state index contributed by atoms with van der Waals surface area (Å²) in [6.07, 6.45) is 6.57. The van der Waals surface area contributed by atoms with Gasteiger partial charge in [0.25, 0.3) is 0 Å². The number of nitrogens with zero attached hydrogens (tertiary/aromatic N) is 5. The summed E-state index contributed by atoms with van der Waals surface area (Å²) in [5.74, 6) is 0.698. The topological polar surface area (TPSA) is 95.7 Å². The minimum atomic E-state index is -0.265. The van der Waals surface area contributed by atoms with Gasteiger partial charge >= 0.3 is 0 Å². The van der Waals surface area contributed by atoms with Crippen LogP contribution in [0.2, 0.25) is 0 Å². The molecule has 2 bridgehead atoms. The number of hydrogen-bond donors (Lipinski definition) is 1. The maximum absolute atomic E-state index is 13.6. The first-order chi connectivity index (χ1) is 17.8. The third kappa shape index (κ3) is 4.71. The molecule has 0 unspecified atom stereocenters. The summed E-state index contributed by atoms with van der Waals surface area (Å²) in [6, 6.07) is 2.44. The first-order valence-electron chi connectivity index (χ1n) is 13.9. The summed E-state index contributed by atoms with van der Waals surface area (Å²) in [5.41, 5.74) is 3.40. The number of amides is 1. The Hall–Kier alpha value is -1.99. The zero-order valence-corrected chi connectivity index (χ0v) is 23.1. The molecule has 1 aromatic heterocycles. The number of methoxy groups -OCH3 is 2. The second kappa shape index (κ2) is 10.3. The average molecular weight is 513 g/mol. The number of carbonyl (C=O) groups is 1. The zero-order chi connectivity index (χ0) is 26.3. The molecule has 1 amide bonds. The molecule has 4 fully saturated rings. The highest BCUT2D eigenvalue weighted by molar-refractivity contribution is 5.87. The van der Waals surface area contributed by atoms with E-state index in [-0.39, 0.29) is 22.2 Å². The van der Waals surface area contributed by atoms with Gasteiger partial charge in [0.15, 0.2) is 0 Å². The zero-order valence-electron chi connectivity index (χ0n) is 23.1. The average Bonchev–Trinajstić information content (AvgIpc) is 3.19. The van der Waals surface area contributed by atoms with Crippen molar-refractivity contribution < 1.29 is 14.3 Å². The monoisotopic (exact) mass is 512 g/mol. The second-order valence-corrected chi connectivity index (χ2v) is 12.4. The number of carbonyl (C=O) groups excluding carboxylic acids is 1. The van der Waals surface area contributed by atoms with Crippen LogP contribution in [0.1, 0.15) is 67.8 Å². The molecule has 0 atom stereocenters. The van der Waals surface area contributed by atoms with Gasteiger partial charge in [-0.2, -0.15) is 10.4 Å². The molecule has 4 saturated carbocycles. The number of rotatable bonds is 11. The molecule has 204 valence electrons. The van der Waals surface area contributed by atoms with Gasteiger partial charge in [0.05, 0.1) is 54.6 Å². The van der Waals surface area contributed by atoms with Crippen molar-refractivity contribution in [2.75, 3.05) is 61.2 Å². The normalized spacial score (nSPS) is 28.4. The van der Waals surface area contributed by atoms with Crippen molar-refractivity contribution >= 4 is 5.91 Å². The summed E-state index contributed by atoms with van der Waals surface area (Å²) in [6.45, 7) is 6.27. The highest BCUT2D eigenvalue weighted by Crippen LogP contribution is 2.73. The molecule has 9 nitrogen and oxygen atoms in total. The molecule has 5 aliphatic rings. The molecule has 6 rings (SSSR count). The van der Waals surface area contributed by atoms with Gasteiger partial charge in [-0.25, -0.2) is 0 Å². The molecule has 1 aromatic rings. The summed E-state index contributed by atoms with van der Waals surface area (Å²) < 4.78 is 13.4. The van der Waals surface area contributed by atoms with Crippen LogP contribution in [0.3, 0.4) is 0 Å². The lowest BCUT2D eigenvalue weighted by Gasteiger charge is -2.66. The number of nitriles is 1. The molecular formula is C28H44N6O3. The largest absolute Gasteiger partial charge is 0.384 e. The second-order valence-electron chi connectivity index (χ2n) is 12.4. The number of likely N-dealkylation sites (N-methyl/N-ethyl adjacent to an activating group) is 2. The lowest BCUT2D eigenvalue weighted by atomic mass is 9.35. The first kappa shape index (κ1) is 26.6. The van der Waals surface area contributed by atoms with Crippen LogP contribution in [-0.4, -0.2) is 86.7 Å². The van der Waals surface area contributed by atoms with E-state index in [9.17, 15) is 10.1 Å². The Labute approximate surface area is 221 Å². The highest BCUT2D eigenvalue weighted by atomic mass is 16.5. The third-order valence-corrected chi connectivity index (χ3v) is 9.62. The summed E-state index contributed by atoms with van der Waals surface area (Å²) >= 11 is 0. The van der Waals surface area contributed by atoms with Gasteiger partial charge in [0.1, 0.15) is 0 Å². The SMILES string of the molecule is CNCCN(C)Cc1nn2c(c1C1CCC(COC)(COC)CC1)CN(C(=O)C13CC(C#N)(C1)C3)CC2. The van der Waals surface area contributed by atoms with Crippen molar-refractivity contribution in [3.05, 3.63) is 17.0 Å². The van der Waals surface area contributed by atoms with E-state index in [0.717, 1.165) is 84.3 Å². The minimum absolute atomic E-state index is 0.0832. The van der Waals surface area contributed by atoms with Crippen molar-refractivity contribution in [2.45, 2.75) is 70.5 Å². The van der Waals surface area contributed by atoms with E-state index >= 15 is 0 Å². The summed E-state index contributed by atoms with van der Waals surface area (Å²) in [5, 5.41) is 17.8. The van der Waals surface area contributed by atoms with Gasteiger partial charge in [0, 0.05) is 51.4 Å². The van der Waals surface area contributed by atoms with Crippen LogP contribution in [0.15, 0.2) is 0 Å². The predicted molar refractivity (Wildman–Crippen MR) is 140 cm³/mol. The fourth-order valence-electron chi connectivity index (χ4n) is 7.72. The van der Waals surface area contributed by atoms with Gasteiger partial charge in [0.2, 0.25) is 5.91 Å². The lowest BCUT2D eigenvalue weighted by Crippen LogP contribution is -2.67. The van der Waals surface area contributed by atoms with E-state index in [2.05, 4.69) is 32.9 Å². The number of nitrogens with one attached hydrogen (secondary N) is 1. The van der Waals surface area contributed by atoms with Crippen LogP contribution in [0, 0.1) is 27.6 Å². The molecule has 0 aromatic carbocycles. The molecule has 0 radical (unpaired) electrons. The Balaban J connectivity index is 1.37. The van der Waals surface area contributed by atoms with Crippen LogP contribution >= 0.6 is 0 Å². The lowest BCUT2D eigenvalue weighted by molar-refractivity contribution is -0.197. The molecule has 2 heterocycles. The summed E-state index contributed by atoms with van der Waals surface area (Å²) in [4.78, 5) is 18.0. The van der Waals surface area contributed by atoms with Crippen molar-refractivity contribution in [1.82, 2.24) is 24.9 Å². The quantitative estimate of drug-likeness (QED) is 0.487. The summed E-state index contributed by atoms with van der Waals surface area (Å²) in [7, 11) is 7.71. The number of ether oxygens (including phenoxy) is 2. The molecule has 9 heteroatoms. The Bertz CT molecular complexity index is 1010. The molecule has 1 N–H and O–H groups in total. The first-order valence-corrected chi connectivity index (χ1v) is 13.9. The highest BCUT2D eigenvalue weighted by Gasteiger charge is 2.72.